The smallest absolute Gasteiger partial charge is 0.379 e. The number of hydrogen-bond acceptors (Lipinski definition) is 3. The number of halogens is 3. The Morgan fingerprint density at radius 1 is 1.07 bits per heavy atom. The average molecular weight is 407 g/mol. The van der Waals surface area contributed by atoms with Crippen LogP contribution in [0.15, 0.2) is 54.6 Å². The summed E-state index contributed by atoms with van der Waals surface area (Å²) in [6.45, 7) is 4.60. The number of urea groups is 1. The van der Waals surface area contributed by atoms with E-state index >= 15 is 0 Å². The topological polar surface area (TPSA) is 53.6 Å². The minimum Gasteiger partial charge on any atom is -0.379 e. The zero-order chi connectivity index (χ0) is 20.9. The number of hydrogen-bond donors (Lipinski definition) is 2. The Hall–Kier alpha value is -2.58. The van der Waals surface area contributed by atoms with Gasteiger partial charge in [-0.2, -0.15) is 13.2 Å². The van der Waals surface area contributed by atoms with E-state index in [-0.39, 0.29) is 17.8 Å². The molecule has 0 spiro atoms. The monoisotopic (exact) mass is 407 g/mol. The molecular weight excluding hydrogens is 383 g/mol. The quantitative estimate of drug-likeness (QED) is 0.778. The number of nitrogens with one attached hydrogen (secondary N) is 2. The lowest BCUT2D eigenvalue weighted by Crippen LogP contribution is -2.49. The van der Waals surface area contributed by atoms with Crippen molar-refractivity contribution in [3.8, 4) is 0 Å². The molecule has 2 atom stereocenters. The second-order valence-electron chi connectivity index (χ2n) is 6.97. The van der Waals surface area contributed by atoms with Crippen LogP contribution in [0.25, 0.3) is 0 Å². The van der Waals surface area contributed by atoms with Gasteiger partial charge in [0.25, 0.3) is 0 Å². The number of anilines is 1. The molecule has 2 aromatic rings. The number of amides is 2. The highest BCUT2D eigenvalue weighted by atomic mass is 19.4. The molecule has 5 nitrogen and oxygen atoms in total. The molecule has 0 saturated carbocycles. The Morgan fingerprint density at radius 2 is 1.76 bits per heavy atom. The van der Waals surface area contributed by atoms with E-state index in [1.54, 1.807) is 0 Å². The molecule has 0 bridgehead atoms. The van der Waals surface area contributed by atoms with Crippen LogP contribution >= 0.6 is 0 Å². The van der Waals surface area contributed by atoms with E-state index in [4.69, 9.17) is 4.74 Å². The van der Waals surface area contributed by atoms with Crippen molar-refractivity contribution in [1.82, 2.24) is 10.2 Å². The van der Waals surface area contributed by atoms with Gasteiger partial charge in [-0.1, -0.05) is 36.4 Å². The zero-order valence-corrected chi connectivity index (χ0v) is 16.1. The van der Waals surface area contributed by atoms with E-state index < -0.39 is 17.8 Å². The van der Waals surface area contributed by atoms with Crippen LogP contribution in [0.4, 0.5) is 23.7 Å². The highest BCUT2D eigenvalue weighted by Crippen LogP contribution is 2.31. The molecule has 2 amide bonds. The van der Waals surface area contributed by atoms with Crippen molar-refractivity contribution in [2.45, 2.75) is 25.2 Å². The molecule has 1 heterocycles. The maximum atomic E-state index is 12.9. The third-order valence-electron chi connectivity index (χ3n) is 4.86. The van der Waals surface area contributed by atoms with Gasteiger partial charge in [0, 0.05) is 24.8 Å². The molecule has 2 unspecified atom stereocenters. The third-order valence-corrected chi connectivity index (χ3v) is 4.86. The van der Waals surface area contributed by atoms with Gasteiger partial charge in [-0.25, -0.2) is 4.79 Å². The SMILES string of the molecule is CC(NC(=O)Nc1cccc(C(F)(F)F)c1)C(c1ccccc1)N1CCOCC1. The molecule has 29 heavy (non-hydrogen) atoms. The Bertz CT molecular complexity index is 808. The highest BCUT2D eigenvalue weighted by Gasteiger charge is 2.31. The van der Waals surface area contributed by atoms with Crippen LogP contribution in [0.2, 0.25) is 0 Å². The summed E-state index contributed by atoms with van der Waals surface area (Å²) in [6, 6.07) is 13.5. The van der Waals surface area contributed by atoms with Gasteiger partial charge in [-0.15, -0.1) is 0 Å². The fourth-order valence-electron chi connectivity index (χ4n) is 3.55. The normalized spacial score (nSPS) is 17.4. The summed E-state index contributed by atoms with van der Waals surface area (Å²) in [5.41, 5.74) is 0.340. The van der Waals surface area contributed by atoms with Gasteiger partial charge in [0.15, 0.2) is 0 Å². The minimum atomic E-state index is -4.46. The van der Waals surface area contributed by atoms with E-state index in [9.17, 15) is 18.0 Å². The third kappa shape index (κ3) is 5.71. The lowest BCUT2D eigenvalue weighted by molar-refractivity contribution is -0.137. The van der Waals surface area contributed by atoms with Crippen LogP contribution in [0.5, 0.6) is 0 Å². The number of carbonyl (C=O) groups is 1. The lowest BCUT2D eigenvalue weighted by atomic mass is 9.98. The Kier molecular flexibility index (Phi) is 6.76. The summed E-state index contributed by atoms with van der Waals surface area (Å²) in [6.07, 6.45) is -4.46. The molecule has 1 aliphatic heterocycles. The number of nitrogens with zero attached hydrogens (tertiary/aromatic N) is 1. The molecule has 1 aliphatic rings. The van der Waals surface area contributed by atoms with Gasteiger partial charge in [0.2, 0.25) is 0 Å². The Morgan fingerprint density at radius 3 is 2.41 bits per heavy atom. The van der Waals surface area contributed by atoms with Crippen molar-refractivity contribution in [2.24, 2.45) is 0 Å². The predicted molar refractivity (Wildman–Crippen MR) is 105 cm³/mol. The second-order valence-corrected chi connectivity index (χ2v) is 6.97. The molecule has 0 aromatic heterocycles. The summed E-state index contributed by atoms with van der Waals surface area (Å²) < 4.78 is 44.0. The van der Waals surface area contributed by atoms with Crippen molar-refractivity contribution >= 4 is 11.7 Å². The average Bonchev–Trinajstić information content (AvgIpc) is 2.69. The van der Waals surface area contributed by atoms with Crippen molar-refractivity contribution in [3.05, 3.63) is 65.7 Å². The summed E-state index contributed by atoms with van der Waals surface area (Å²) >= 11 is 0. The van der Waals surface area contributed by atoms with Crippen molar-refractivity contribution < 1.29 is 22.7 Å². The van der Waals surface area contributed by atoms with Crippen LogP contribution in [-0.2, 0) is 10.9 Å². The number of alkyl halides is 3. The molecule has 1 fully saturated rings. The number of morpholine rings is 1. The van der Waals surface area contributed by atoms with Crippen LogP contribution in [0, 0.1) is 0 Å². The standard InChI is InChI=1S/C21H24F3N3O2/c1-15(19(16-6-3-2-4-7-16)27-10-12-29-13-11-27)25-20(28)26-18-9-5-8-17(14-18)21(22,23)24/h2-9,14-15,19H,10-13H2,1H3,(H2,25,26,28). The van der Waals surface area contributed by atoms with Gasteiger partial charge in [-0.05, 0) is 30.7 Å². The summed E-state index contributed by atoms with van der Waals surface area (Å²) in [5.74, 6) is 0. The maximum absolute atomic E-state index is 12.9. The highest BCUT2D eigenvalue weighted by molar-refractivity contribution is 5.89. The Balaban J connectivity index is 1.70. The zero-order valence-electron chi connectivity index (χ0n) is 16.1. The molecule has 8 heteroatoms. The van der Waals surface area contributed by atoms with E-state index in [0.29, 0.717) is 13.2 Å². The number of rotatable bonds is 5. The molecule has 0 radical (unpaired) electrons. The maximum Gasteiger partial charge on any atom is 0.416 e. The molecule has 2 N–H and O–H groups in total. The van der Waals surface area contributed by atoms with Crippen molar-refractivity contribution in [2.75, 3.05) is 31.6 Å². The van der Waals surface area contributed by atoms with Crippen LogP contribution in [0.1, 0.15) is 24.1 Å². The van der Waals surface area contributed by atoms with Gasteiger partial charge >= 0.3 is 12.2 Å². The lowest BCUT2D eigenvalue weighted by Gasteiger charge is -2.38. The number of benzene rings is 2. The molecular formula is C21H24F3N3O2. The van der Waals surface area contributed by atoms with E-state index in [1.165, 1.54) is 12.1 Å². The van der Waals surface area contributed by atoms with Crippen molar-refractivity contribution in [3.63, 3.8) is 0 Å². The van der Waals surface area contributed by atoms with Gasteiger partial charge < -0.3 is 15.4 Å². The van der Waals surface area contributed by atoms with Gasteiger partial charge in [0.05, 0.1) is 24.8 Å². The number of carbonyl (C=O) groups excluding carboxylic acids is 1. The van der Waals surface area contributed by atoms with Crippen molar-refractivity contribution in [1.29, 1.82) is 0 Å². The van der Waals surface area contributed by atoms with Gasteiger partial charge in [0.1, 0.15) is 0 Å². The van der Waals surface area contributed by atoms with Gasteiger partial charge in [-0.3, -0.25) is 4.90 Å². The number of ether oxygens (including phenoxy) is 1. The summed E-state index contributed by atoms with van der Waals surface area (Å²) in [7, 11) is 0. The summed E-state index contributed by atoms with van der Waals surface area (Å²) in [5, 5.41) is 5.37. The first-order valence-electron chi connectivity index (χ1n) is 9.46. The first-order valence-corrected chi connectivity index (χ1v) is 9.46. The Labute approximate surface area is 167 Å². The summed E-state index contributed by atoms with van der Waals surface area (Å²) in [4.78, 5) is 14.7. The predicted octanol–water partition coefficient (Wildman–Crippen LogP) is 4.29. The molecule has 1 saturated heterocycles. The van der Waals surface area contributed by atoms with Crippen LogP contribution < -0.4 is 10.6 Å². The molecule has 3 rings (SSSR count). The van der Waals surface area contributed by atoms with E-state index in [2.05, 4.69) is 15.5 Å². The second kappa shape index (κ2) is 9.28. The first-order chi connectivity index (χ1) is 13.8. The first kappa shape index (κ1) is 21.1. The van der Waals surface area contributed by atoms with E-state index in [1.807, 2.05) is 37.3 Å². The molecule has 2 aromatic carbocycles. The largest absolute Gasteiger partial charge is 0.416 e. The molecule has 0 aliphatic carbocycles. The fourth-order valence-corrected chi connectivity index (χ4v) is 3.55. The fraction of sp³-hybridized carbons (Fsp3) is 0.381. The van der Waals surface area contributed by atoms with E-state index in [0.717, 1.165) is 30.8 Å². The van der Waals surface area contributed by atoms with Crippen LogP contribution in [-0.4, -0.2) is 43.3 Å². The molecule has 156 valence electrons. The van der Waals surface area contributed by atoms with Crippen LogP contribution in [0.3, 0.4) is 0 Å². The minimum absolute atomic E-state index is 0.0765.